The Labute approximate surface area is 146 Å². The maximum absolute atomic E-state index is 12.7. The molecule has 1 unspecified atom stereocenters. The Morgan fingerprint density at radius 3 is 2.69 bits per heavy atom. The predicted molar refractivity (Wildman–Crippen MR) is 88.7 cm³/mol. The molecule has 1 aliphatic heterocycles. The molecule has 1 atom stereocenters. The van der Waals surface area contributed by atoms with Crippen molar-refractivity contribution in [2.24, 2.45) is 0 Å². The third-order valence-electron chi connectivity index (χ3n) is 4.36. The molecule has 2 heterocycles. The molecule has 138 valence electrons. The number of alkyl halides is 3. The number of amides is 2. The monoisotopic (exact) mass is 367 g/mol. The lowest BCUT2D eigenvalue weighted by Crippen LogP contribution is -2.48. The van der Waals surface area contributed by atoms with Gasteiger partial charge in [-0.05, 0) is 43.4 Å². The number of H-pyrrole nitrogens is 1. The summed E-state index contributed by atoms with van der Waals surface area (Å²) in [5.41, 5.74) is 1.10. The van der Waals surface area contributed by atoms with Crippen molar-refractivity contribution >= 4 is 28.4 Å². The van der Waals surface area contributed by atoms with Crippen molar-refractivity contribution in [3.63, 3.8) is 0 Å². The van der Waals surface area contributed by atoms with Crippen LogP contribution in [0, 0.1) is 6.92 Å². The van der Waals surface area contributed by atoms with Crippen LogP contribution < -0.4 is 10.9 Å². The first kappa shape index (κ1) is 18.0. The van der Waals surface area contributed by atoms with E-state index in [2.05, 4.69) is 10.3 Å². The Morgan fingerprint density at radius 2 is 2.00 bits per heavy atom. The number of hydrogen-bond donors (Lipinski definition) is 2. The minimum atomic E-state index is -5.01. The molecule has 6 nitrogen and oxygen atoms in total. The molecule has 0 saturated carbocycles. The van der Waals surface area contributed by atoms with E-state index in [1.54, 1.807) is 25.1 Å². The highest BCUT2D eigenvalue weighted by atomic mass is 19.4. The number of halogens is 3. The number of pyridine rings is 1. The van der Waals surface area contributed by atoms with Crippen LogP contribution in [0.5, 0.6) is 0 Å². The lowest BCUT2D eigenvalue weighted by molar-refractivity contribution is -0.186. The highest BCUT2D eigenvalue weighted by Gasteiger charge is 2.47. The van der Waals surface area contributed by atoms with Gasteiger partial charge >= 0.3 is 12.1 Å². The van der Waals surface area contributed by atoms with Gasteiger partial charge in [-0.2, -0.15) is 13.2 Å². The van der Waals surface area contributed by atoms with Crippen molar-refractivity contribution in [2.45, 2.75) is 32.0 Å². The smallest absolute Gasteiger partial charge is 0.324 e. The Kier molecular flexibility index (Phi) is 4.47. The summed E-state index contributed by atoms with van der Waals surface area (Å²) in [4.78, 5) is 38.7. The van der Waals surface area contributed by atoms with Crippen LogP contribution in [-0.2, 0) is 9.59 Å². The first-order valence-corrected chi connectivity index (χ1v) is 7.99. The second-order valence-corrected chi connectivity index (χ2v) is 6.23. The van der Waals surface area contributed by atoms with Gasteiger partial charge in [0.15, 0.2) is 0 Å². The van der Waals surface area contributed by atoms with Gasteiger partial charge in [0.1, 0.15) is 6.04 Å². The molecular formula is C17H16F3N3O3. The fraction of sp³-hybridized carbons (Fsp3) is 0.353. The Hall–Kier alpha value is -2.84. The molecule has 0 radical (unpaired) electrons. The number of nitrogens with one attached hydrogen (secondary N) is 2. The number of aromatic nitrogens is 1. The fourth-order valence-corrected chi connectivity index (χ4v) is 3.06. The summed E-state index contributed by atoms with van der Waals surface area (Å²) in [5.74, 6) is -2.69. The zero-order valence-corrected chi connectivity index (χ0v) is 13.8. The first-order chi connectivity index (χ1) is 12.2. The zero-order valence-electron chi connectivity index (χ0n) is 13.8. The van der Waals surface area contributed by atoms with Crippen molar-refractivity contribution in [1.29, 1.82) is 0 Å². The number of carbonyl (C=O) groups excluding carboxylic acids is 2. The van der Waals surface area contributed by atoms with Crippen LogP contribution >= 0.6 is 0 Å². The second kappa shape index (κ2) is 6.47. The van der Waals surface area contributed by atoms with E-state index in [1.807, 2.05) is 0 Å². The molecule has 26 heavy (non-hydrogen) atoms. The lowest BCUT2D eigenvalue weighted by atomic mass is 10.1. The number of nitrogens with zero attached hydrogens (tertiary/aromatic N) is 1. The summed E-state index contributed by atoms with van der Waals surface area (Å²) >= 11 is 0. The topological polar surface area (TPSA) is 82.3 Å². The van der Waals surface area contributed by atoms with Crippen LogP contribution in [0.4, 0.5) is 18.9 Å². The molecule has 1 fully saturated rings. The van der Waals surface area contributed by atoms with Gasteiger partial charge in [-0.3, -0.25) is 14.4 Å². The lowest BCUT2D eigenvalue weighted by Gasteiger charge is -2.24. The quantitative estimate of drug-likeness (QED) is 0.855. The van der Waals surface area contributed by atoms with Crippen molar-refractivity contribution in [1.82, 2.24) is 9.88 Å². The van der Waals surface area contributed by atoms with Crippen molar-refractivity contribution in [3.05, 3.63) is 40.2 Å². The molecule has 1 aliphatic rings. The molecule has 1 saturated heterocycles. The van der Waals surface area contributed by atoms with E-state index >= 15 is 0 Å². The van der Waals surface area contributed by atoms with Gasteiger partial charge in [0.25, 0.3) is 5.56 Å². The number of rotatable bonds is 2. The molecule has 1 aromatic heterocycles. The third kappa shape index (κ3) is 3.42. The van der Waals surface area contributed by atoms with Crippen LogP contribution in [0.1, 0.15) is 18.4 Å². The Morgan fingerprint density at radius 1 is 1.27 bits per heavy atom. The number of benzene rings is 1. The molecule has 0 spiro atoms. The molecule has 2 N–H and O–H groups in total. The Balaban J connectivity index is 1.81. The number of carbonyl (C=O) groups is 2. The van der Waals surface area contributed by atoms with Gasteiger partial charge in [0.2, 0.25) is 5.91 Å². The van der Waals surface area contributed by atoms with Crippen LogP contribution in [0.2, 0.25) is 0 Å². The van der Waals surface area contributed by atoms with Crippen LogP contribution in [0.25, 0.3) is 10.9 Å². The summed E-state index contributed by atoms with van der Waals surface area (Å²) in [6, 6.07) is 5.32. The Bertz CT molecular complexity index is 936. The molecule has 9 heteroatoms. The molecule has 2 aromatic rings. The molecule has 3 rings (SSSR count). The van der Waals surface area contributed by atoms with E-state index in [1.165, 1.54) is 6.07 Å². The van der Waals surface area contributed by atoms with E-state index < -0.39 is 24.0 Å². The molecule has 2 amide bonds. The van der Waals surface area contributed by atoms with Gasteiger partial charge in [-0.15, -0.1) is 0 Å². The third-order valence-corrected chi connectivity index (χ3v) is 4.36. The fourth-order valence-electron chi connectivity index (χ4n) is 3.06. The van der Waals surface area contributed by atoms with E-state index in [0.717, 1.165) is 5.39 Å². The van der Waals surface area contributed by atoms with Gasteiger partial charge in [0.05, 0.1) is 5.52 Å². The highest BCUT2D eigenvalue weighted by Crippen LogP contribution is 2.26. The van der Waals surface area contributed by atoms with Crippen LogP contribution in [-0.4, -0.2) is 40.5 Å². The summed E-state index contributed by atoms with van der Waals surface area (Å²) in [7, 11) is 0. The van der Waals surface area contributed by atoms with Crippen molar-refractivity contribution < 1.29 is 22.8 Å². The standard InChI is InChI=1S/C17H16F3N3O3/c1-9-7-10-4-5-11(8-12(10)22-14(9)24)21-15(25)13-3-2-6-23(13)16(26)17(18,19)20/h4-5,7-8,13H,2-3,6H2,1H3,(H,21,25)(H,22,24). The maximum Gasteiger partial charge on any atom is 0.471 e. The normalized spacial score (nSPS) is 17.5. The van der Waals surface area contributed by atoms with E-state index in [9.17, 15) is 27.6 Å². The molecule has 1 aromatic carbocycles. The number of hydrogen-bond acceptors (Lipinski definition) is 3. The van der Waals surface area contributed by atoms with E-state index in [4.69, 9.17) is 0 Å². The highest BCUT2D eigenvalue weighted by molar-refractivity contribution is 5.99. The summed E-state index contributed by atoms with van der Waals surface area (Å²) in [5, 5.41) is 3.28. The van der Waals surface area contributed by atoms with E-state index in [-0.39, 0.29) is 18.5 Å². The number of fused-ring (bicyclic) bond motifs is 1. The van der Waals surface area contributed by atoms with Gasteiger partial charge in [0, 0.05) is 17.8 Å². The number of aryl methyl sites for hydroxylation is 1. The molecule has 0 bridgehead atoms. The number of anilines is 1. The van der Waals surface area contributed by atoms with Crippen LogP contribution in [0.3, 0.4) is 0 Å². The van der Waals surface area contributed by atoms with Gasteiger partial charge in [-0.25, -0.2) is 0 Å². The van der Waals surface area contributed by atoms with Gasteiger partial charge in [-0.1, -0.05) is 6.07 Å². The average Bonchev–Trinajstić information content (AvgIpc) is 3.04. The summed E-state index contributed by atoms with van der Waals surface area (Å²) in [6.45, 7) is 1.56. The SMILES string of the molecule is Cc1cc2ccc(NC(=O)C3CCCN3C(=O)C(F)(F)F)cc2[nH]c1=O. The minimum absolute atomic E-state index is 0.110. The number of aromatic amines is 1. The molecule has 0 aliphatic carbocycles. The zero-order chi connectivity index (χ0) is 19.1. The van der Waals surface area contributed by atoms with Gasteiger partial charge < -0.3 is 15.2 Å². The number of likely N-dealkylation sites (tertiary alicyclic amines) is 1. The van der Waals surface area contributed by atoms with Crippen molar-refractivity contribution in [3.8, 4) is 0 Å². The second-order valence-electron chi connectivity index (χ2n) is 6.23. The largest absolute Gasteiger partial charge is 0.471 e. The maximum atomic E-state index is 12.7. The average molecular weight is 367 g/mol. The van der Waals surface area contributed by atoms with Crippen molar-refractivity contribution in [2.75, 3.05) is 11.9 Å². The van der Waals surface area contributed by atoms with E-state index in [0.29, 0.717) is 28.1 Å². The first-order valence-electron chi connectivity index (χ1n) is 7.99. The minimum Gasteiger partial charge on any atom is -0.324 e. The summed E-state index contributed by atoms with van der Waals surface area (Å²) in [6.07, 6.45) is -4.52. The summed E-state index contributed by atoms with van der Waals surface area (Å²) < 4.78 is 38.0. The molecular weight excluding hydrogens is 351 g/mol. The van der Waals surface area contributed by atoms with Crippen LogP contribution in [0.15, 0.2) is 29.1 Å². The predicted octanol–water partition coefficient (Wildman–Crippen LogP) is 2.33.